The van der Waals surface area contributed by atoms with Gasteiger partial charge in [0.25, 0.3) is 0 Å². The zero-order valence-electron chi connectivity index (χ0n) is 9.13. The summed E-state index contributed by atoms with van der Waals surface area (Å²) in [5.41, 5.74) is 1.28. The number of ether oxygens (including phenoxy) is 1. The van der Waals surface area contributed by atoms with Crippen LogP contribution < -0.4 is 0 Å². The average molecular weight is 281 g/mol. The Balaban J connectivity index is 2.18. The van der Waals surface area contributed by atoms with Gasteiger partial charge in [0, 0.05) is 0 Å². The van der Waals surface area contributed by atoms with Crippen molar-refractivity contribution in [2.24, 2.45) is 0 Å². The van der Waals surface area contributed by atoms with E-state index < -0.39 is 0 Å². The van der Waals surface area contributed by atoms with Crippen molar-refractivity contribution >= 4 is 20.9 Å². The molecule has 0 bridgehead atoms. The number of benzene rings is 1. The van der Waals surface area contributed by atoms with Crippen molar-refractivity contribution in [1.82, 2.24) is 0 Å². The minimum atomic E-state index is -0.201. The van der Waals surface area contributed by atoms with Crippen LogP contribution in [-0.2, 0) is 9.53 Å². The molecule has 1 aromatic carbocycles. The Morgan fingerprint density at radius 2 is 2.12 bits per heavy atom. The van der Waals surface area contributed by atoms with Crippen LogP contribution in [-0.4, -0.2) is 27.0 Å². The first-order valence-electron chi connectivity index (χ1n) is 5.28. The van der Waals surface area contributed by atoms with Crippen molar-refractivity contribution in [3.8, 4) is 0 Å². The van der Waals surface area contributed by atoms with Crippen LogP contribution in [0, 0.1) is 0 Å². The molecule has 1 aromatic rings. The first kappa shape index (κ1) is 11.4. The Bertz CT molecular complexity index is 386. The van der Waals surface area contributed by atoms with Crippen LogP contribution in [0.2, 0.25) is 5.32 Å². The van der Waals surface area contributed by atoms with Gasteiger partial charge in [-0.1, -0.05) is 0 Å². The number of rotatable bonds is 2. The molecule has 0 fully saturated rings. The molecule has 2 rings (SSSR count). The Labute approximate surface area is 102 Å². The monoisotopic (exact) mass is 282 g/mol. The molecule has 2 nitrogen and oxygen atoms in total. The summed E-state index contributed by atoms with van der Waals surface area (Å²) in [5.74, 6) is -0.201. The van der Waals surface area contributed by atoms with Crippen LogP contribution in [0.3, 0.4) is 0 Å². The van der Waals surface area contributed by atoms with Gasteiger partial charge in [0.05, 0.1) is 0 Å². The van der Waals surface area contributed by atoms with Gasteiger partial charge in [-0.2, -0.15) is 0 Å². The zero-order valence-corrected chi connectivity index (χ0v) is 10.8. The molecule has 3 heteroatoms. The summed E-state index contributed by atoms with van der Waals surface area (Å²) in [6.45, 7) is 1.47. The Morgan fingerprint density at radius 1 is 1.38 bits per heavy atom. The second-order valence-corrected chi connectivity index (χ2v) is 6.13. The molecule has 0 aliphatic carbocycles. The van der Waals surface area contributed by atoms with Crippen molar-refractivity contribution in [2.45, 2.75) is 23.2 Å². The normalized spacial score (nSPS) is 24.1. The first-order chi connectivity index (χ1) is 7.77. The van der Waals surface area contributed by atoms with Crippen LogP contribution >= 0.6 is 0 Å². The van der Waals surface area contributed by atoms with Crippen molar-refractivity contribution in [3.05, 3.63) is 48.0 Å². The molecule has 84 valence electrons. The number of hydrogen-bond donors (Lipinski definition) is 0. The van der Waals surface area contributed by atoms with Gasteiger partial charge in [-0.05, 0) is 0 Å². The summed E-state index contributed by atoms with van der Waals surface area (Å²) in [6, 6.07) is 10.3. The molecule has 0 radical (unpaired) electrons. The van der Waals surface area contributed by atoms with E-state index in [1.807, 2.05) is 24.3 Å². The van der Waals surface area contributed by atoms with E-state index in [1.165, 1.54) is 12.5 Å². The Morgan fingerprint density at radius 3 is 2.81 bits per heavy atom. The number of carbonyl (C=O) groups is 1. The maximum absolute atomic E-state index is 11.0. The number of carbonyl (C=O) groups excluding carboxylic acids is 1. The van der Waals surface area contributed by atoms with E-state index >= 15 is 0 Å². The van der Waals surface area contributed by atoms with Crippen molar-refractivity contribution in [3.63, 3.8) is 0 Å². The van der Waals surface area contributed by atoms with Crippen molar-refractivity contribution in [1.29, 1.82) is 0 Å². The number of esters is 1. The molecule has 0 spiro atoms. The molecule has 16 heavy (non-hydrogen) atoms. The van der Waals surface area contributed by atoms with E-state index in [-0.39, 0.29) is 12.1 Å². The first-order valence-corrected chi connectivity index (χ1v) is 7.48. The molecule has 0 aromatic heterocycles. The average Bonchev–Trinajstić information content (AvgIpc) is 2.30. The maximum atomic E-state index is 11.0. The van der Waals surface area contributed by atoms with E-state index in [2.05, 4.69) is 18.2 Å². The van der Waals surface area contributed by atoms with Crippen LogP contribution in [0.4, 0.5) is 0 Å². The third-order valence-electron chi connectivity index (χ3n) is 2.43. The molecule has 2 atom stereocenters. The van der Waals surface area contributed by atoms with Gasteiger partial charge in [0.1, 0.15) is 0 Å². The summed E-state index contributed by atoms with van der Waals surface area (Å²) < 4.78 is 5.35. The van der Waals surface area contributed by atoms with Crippen molar-refractivity contribution in [2.75, 3.05) is 0 Å². The molecule has 1 aliphatic rings. The summed E-state index contributed by atoms with van der Waals surface area (Å²) in [5, 5.41) is 1.12. The quantitative estimate of drug-likeness (QED) is 0.472. The van der Waals surface area contributed by atoms with E-state index in [4.69, 9.17) is 4.74 Å². The second kappa shape index (κ2) is 5.33. The molecule has 1 aliphatic heterocycles. The standard InChI is InChI=1S/C13H14O2Se/c1-10(14)15-12-8-5-9-16-13(12)11-6-3-2-4-7-11/h2-8,12-13H,9H2,1H3/t12-,13+/m0/s1. The molecule has 0 saturated heterocycles. The van der Waals surface area contributed by atoms with Gasteiger partial charge >= 0.3 is 102 Å². The van der Waals surface area contributed by atoms with E-state index in [0.29, 0.717) is 19.8 Å². The fourth-order valence-corrected chi connectivity index (χ4v) is 4.11. The molecular weight excluding hydrogens is 267 g/mol. The number of allylic oxidation sites excluding steroid dienone is 1. The van der Waals surface area contributed by atoms with Gasteiger partial charge in [-0.3, -0.25) is 0 Å². The van der Waals surface area contributed by atoms with Gasteiger partial charge < -0.3 is 0 Å². The molecule has 0 N–H and O–H groups in total. The number of hydrogen-bond acceptors (Lipinski definition) is 2. The Hall–Kier alpha value is -1.05. The molecule has 1 heterocycles. The SMILES string of the molecule is CC(=O)O[C@H]1C=CC[Se][C@@H]1c1ccccc1. The van der Waals surface area contributed by atoms with Crippen LogP contribution in [0.25, 0.3) is 0 Å². The van der Waals surface area contributed by atoms with Crippen LogP contribution in [0.1, 0.15) is 17.3 Å². The summed E-state index contributed by atoms with van der Waals surface area (Å²) >= 11 is 0.468. The van der Waals surface area contributed by atoms with E-state index in [0.717, 1.165) is 5.32 Å². The third-order valence-corrected chi connectivity index (χ3v) is 5.12. The second-order valence-electron chi connectivity index (χ2n) is 3.67. The fourth-order valence-electron chi connectivity index (χ4n) is 1.77. The fraction of sp³-hybridized carbons (Fsp3) is 0.308. The summed E-state index contributed by atoms with van der Waals surface area (Å²) in [4.78, 5) is 11.4. The Kier molecular flexibility index (Phi) is 3.81. The summed E-state index contributed by atoms with van der Waals surface area (Å²) in [6.07, 6.45) is 4.06. The summed E-state index contributed by atoms with van der Waals surface area (Å²) in [7, 11) is 0. The van der Waals surface area contributed by atoms with Gasteiger partial charge in [-0.25, -0.2) is 0 Å². The van der Waals surface area contributed by atoms with Crippen LogP contribution in [0.5, 0.6) is 0 Å². The van der Waals surface area contributed by atoms with Crippen LogP contribution in [0.15, 0.2) is 42.5 Å². The van der Waals surface area contributed by atoms with Gasteiger partial charge in [0.2, 0.25) is 0 Å². The van der Waals surface area contributed by atoms with Gasteiger partial charge in [-0.15, -0.1) is 0 Å². The minimum absolute atomic E-state index is 0.0753. The van der Waals surface area contributed by atoms with E-state index in [1.54, 1.807) is 0 Å². The predicted molar refractivity (Wildman–Crippen MR) is 64.4 cm³/mol. The van der Waals surface area contributed by atoms with E-state index in [9.17, 15) is 4.79 Å². The predicted octanol–water partition coefficient (Wildman–Crippen LogP) is 2.35. The molecule has 0 amide bonds. The van der Waals surface area contributed by atoms with Gasteiger partial charge in [0.15, 0.2) is 0 Å². The topological polar surface area (TPSA) is 26.3 Å². The molecular formula is C13H14O2Se. The van der Waals surface area contributed by atoms with Crippen molar-refractivity contribution < 1.29 is 9.53 Å². The molecule has 0 saturated carbocycles. The third kappa shape index (κ3) is 2.75. The molecule has 0 unspecified atom stereocenters. The zero-order chi connectivity index (χ0) is 11.4.